The molecular weight excluding hydrogens is 298 g/mol. The number of carbonyl (C=O) groups is 1. The fourth-order valence-corrected chi connectivity index (χ4v) is 3.84. The summed E-state index contributed by atoms with van der Waals surface area (Å²) in [7, 11) is -3.48. The van der Waals surface area contributed by atoms with Crippen LogP contribution in [0, 0.1) is 6.92 Å². The highest BCUT2D eigenvalue weighted by atomic mass is 32.2. The maximum absolute atomic E-state index is 12.1. The maximum Gasteiger partial charge on any atom is 0.341 e. The zero-order valence-corrected chi connectivity index (χ0v) is 14.1. The van der Waals surface area contributed by atoms with Gasteiger partial charge in [-0.15, -0.1) is 11.3 Å². The highest BCUT2D eigenvalue weighted by Crippen LogP contribution is 2.35. The Morgan fingerprint density at radius 2 is 1.95 bits per heavy atom. The lowest BCUT2D eigenvalue weighted by molar-refractivity contribution is 0.0527. The van der Waals surface area contributed by atoms with Crippen LogP contribution in [0.4, 0.5) is 5.00 Å². The second-order valence-electron chi connectivity index (χ2n) is 4.61. The molecule has 0 aliphatic rings. The van der Waals surface area contributed by atoms with Crippen LogP contribution in [0.3, 0.4) is 0 Å². The molecular formula is C13H21NO4S2. The van der Waals surface area contributed by atoms with Gasteiger partial charge < -0.3 is 4.74 Å². The van der Waals surface area contributed by atoms with Crippen LogP contribution >= 0.6 is 11.3 Å². The molecule has 0 saturated heterocycles. The average Bonchev–Trinajstić information content (AvgIpc) is 2.64. The highest BCUT2D eigenvalue weighted by molar-refractivity contribution is 7.93. The number of ether oxygens (including phenoxy) is 1. The molecule has 0 radical (unpaired) electrons. The van der Waals surface area contributed by atoms with Gasteiger partial charge in [0, 0.05) is 4.88 Å². The molecule has 1 N–H and O–H groups in total. The largest absolute Gasteiger partial charge is 0.462 e. The number of rotatable bonds is 6. The number of hydrogen-bond donors (Lipinski definition) is 1. The van der Waals surface area contributed by atoms with Gasteiger partial charge in [-0.3, -0.25) is 4.72 Å². The summed E-state index contributed by atoms with van der Waals surface area (Å²) in [5.41, 5.74) is 1.19. The third-order valence-corrected chi connectivity index (χ3v) is 5.82. The van der Waals surface area contributed by atoms with Gasteiger partial charge in [0.1, 0.15) is 5.00 Å². The van der Waals surface area contributed by atoms with Gasteiger partial charge in [-0.25, -0.2) is 13.2 Å². The molecule has 0 bridgehead atoms. The van der Waals surface area contributed by atoms with E-state index in [4.69, 9.17) is 4.74 Å². The SMILES string of the molecule is CCOC(=O)c1c(NS(=O)(=O)C(C)C)sc(C)c1CC. The number of hydrogen-bond acceptors (Lipinski definition) is 5. The van der Waals surface area contributed by atoms with E-state index in [0.717, 1.165) is 10.4 Å². The first-order valence-electron chi connectivity index (χ1n) is 6.55. The highest BCUT2D eigenvalue weighted by Gasteiger charge is 2.26. The van der Waals surface area contributed by atoms with E-state index >= 15 is 0 Å². The molecule has 0 atom stereocenters. The monoisotopic (exact) mass is 319 g/mol. The van der Waals surface area contributed by atoms with E-state index in [1.54, 1.807) is 20.8 Å². The van der Waals surface area contributed by atoms with Gasteiger partial charge in [0.05, 0.1) is 17.4 Å². The number of esters is 1. The molecule has 0 spiro atoms. The van der Waals surface area contributed by atoms with Gasteiger partial charge in [0.2, 0.25) is 10.0 Å². The number of thiophene rings is 1. The lowest BCUT2D eigenvalue weighted by atomic mass is 10.1. The minimum Gasteiger partial charge on any atom is -0.462 e. The van der Waals surface area contributed by atoms with Gasteiger partial charge in [0.15, 0.2) is 0 Å². The first kappa shape index (κ1) is 17.0. The molecule has 0 aromatic carbocycles. The van der Waals surface area contributed by atoms with E-state index in [1.807, 2.05) is 13.8 Å². The Labute approximate surface area is 124 Å². The van der Waals surface area contributed by atoms with Crippen LogP contribution in [-0.4, -0.2) is 26.2 Å². The quantitative estimate of drug-likeness (QED) is 0.818. The van der Waals surface area contributed by atoms with Crippen LogP contribution in [0.5, 0.6) is 0 Å². The molecule has 0 aliphatic carbocycles. The molecule has 0 fully saturated rings. The molecule has 5 nitrogen and oxygen atoms in total. The minimum atomic E-state index is -3.48. The van der Waals surface area contributed by atoms with Crippen molar-refractivity contribution in [2.75, 3.05) is 11.3 Å². The zero-order valence-electron chi connectivity index (χ0n) is 12.4. The van der Waals surface area contributed by atoms with Gasteiger partial charge >= 0.3 is 5.97 Å². The molecule has 0 unspecified atom stereocenters. The van der Waals surface area contributed by atoms with Crippen molar-refractivity contribution in [2.24, 2.45) is 0 Å². The van der Waals surface area contributed by atoms with Gasteiger partial charge in [-0.2, -0.15) is 0 Å². The van der Waals surface area contributed by atoms with E-state index in [0.29, 0.717) is 17.0 Å². The summed E-state index contributed by atoms with van der Waals surface area (Å²) in [6, 6.07) is 0. The number of anilines is 1. The fraction of sp³-hybridized carbons (Fsp3) is 0.615. The van der Waals surface area contributed by atoms with Crippen molar-refractivity contribution in [2.45, 2.75) is 46.3 Å². The standard InChI is InChI=1S/C13H21NO4S2/c1-6-10-9(5)19-12(11(10)13(15)18-7-2)14-20(16,17)8(3)4/h8,14H,6-7H2,1-5H3. The Hall–Kier alpha value is -1.08. The molecule has 1 heterocycles. The Balaban J connectivity index is 3.30. The topological polar surface area (TPSA) is 72.5 Å². The van der Waals surface area contributed by atoms with Crippen molar-refractivity contribution in [1.82, 2.24) is 0 Å². The van der Waals surface area contributed by atoms with E-state index < -0.39 is 21.2 Å². The molecule has 1 aromatic rings. The number of aryl methyl sites for hydroxylation is 1. The first-order chi connectivity index (χ1) is 9.24. The van der Waals surface area contributed by atoms with Crippen LogP contribution < -0.4 is 4.72 Å². The molecule has 1 rings (SSSR count). The van der Waals surface area contributed by atoms with E-state index in [9.17, 15) is 13.2 Å². The van der Waals surface area contributed by atoms with Gasteiger partial charge in [-0.05, 0) is 39.7 Å². The molecule has 0 saturated carbocycles. The van der Waals surface area contributed by atoms with Crippen LogP contribution in [0.1, 0.15) is 48.5 Å². The van der Waals surface area contributed by atoms with Crippen LogP contribution in [0.15, 0.2) is 0 Å². The summed E-state index contributed by atoms with van der Waals surface area (Å²) in [6.45, 7) is 8.97. The summed E-state index contributed by atoms with van der Waals surface area (Å²) in [4.78, 5) is 13.0. The van der Waals surface area contributed by atoms with Gasteiger partial charge in [0.25, 0.3) is 0 Å². The van der Waals surface area contributed by atoms with Gasteiger partial charge in [-0.1, -0.05) is 6.92 Å². The Kier molecular flexibility index (Phi) is 5.59. The molecule has 0 aliphatic heterocycles. The van der Waals surface area contributed by atoms with Crippen molar-refractivity contribution < 1.29 is 17.9 Å². The smallest absolute Gasteiger partial charge is 0.341 e. The zero-order chi connectivity index (χ0) is 15.5. The Bertz CT molecular complexity index is 588. The van der Waals surface area contributed by atoms with Crippen molar-refractivity contribution in [3.05, 3.63) is 16.0 Å². The lowest BCUT2D eigenvalue weighted by Crippen LogP contribution is -2.23. The predicted octanol–water partition coefficient (Wildman–Crippen LogP) is 2.95. The minimum absolute atomic E-state index is 0.257. The third-order valence-electron chi connectivity index (χ3n) is 2.90. The Morgan fingerprint density at radius 1 is 1.35 bits per heavy atom. The molecule has 7 heteroatoms. The number of carbonyl (C=O) groups excluding carboxylic acids is 1. The summed E-state index contributed by atoms with van der Waals surface area (Å²) in [6.07, 6.45) is 0.653. The normalized spacial score (nSPS) is 11.7. The van der Waals surface area contributed by atoms with Crippen molar-refractivity contribution >= 4 is 32.3 Å². The predicted molar refractivity (Wildman–Crippen MR) is 82.1 cm³/mol. The number of nitrogens with one attached hydrogen (secondary N) is 1. The van der Waals surface area contributed by atoms with Crippen molar-refractivity contribution in [3.63, 3.8) is 0 Å². The average molecular weight is 319 g/mol. The second kappa shape index (κ2) is 6.58. The molecule has 0 amide bonds. The Morgan fingerprint density at radius 3 is 2.40 bits per heavy atom. The summed E-state index contributed by atoms with van der Waals surface area (Å²) >= 11 is 1.27. The lowest BCUT2D eigenvalue weighted by Gasteiger charge is -2.11. The summed E-state index contributed by atoms with van der Waals surface area (Å²) < 4.78 is 31.5. The third kappa shape index (κ3) is 3.52. The second-order valence-corrected chi connectivity index (χ2v) is 8.07. The van der Waals surface area contributed by atoms with E-state index in [-0.39, 0.29) is 6.61 Å². The van der Waals surface area contributed by atoms with Crippen molar-refractivity contribution in [3.8, 4) is 0 Å². The molecule has 114 valence electrons. The van der Waals surface area contributed by atoms with Crippen molar-refractivity contribution in [1.29, 1.82) is 0 Å². The molecule has 1 aromatic heterocycles. The number of sulfonamides is 1. The maximum atomic E-state index is 12.1. The summed E-state index contributed by atoms with van der Waals surface area (Å²) in [5, 5.41) is -0.212. The molecule has 20 heavy (non-hydrogen) atoms. The van der Waals surface area contributed by atoms with Crippen LogP contribution in [0.2, 0.25) is 0 Å². The van der Waals surface area contributed by atoms with E-state index in [2.05, 4.69) is 4.72 Å². The first-order valence-corrected chi connectivity index (χ1v) is 8.91. The fourth-order valence-electron chi connectivity index (χ4n) is 1.74. The van der Waals surface area contributed by atoms with Crippen LogP contribution in [-0.2, 0) is 21.2 Å². The van der Waals surface area contributed by atoms with Crippen LogP contribution in [0.25, 0.3) is 0 Å². The summed E-state index contributed by atoms with van der Waals surface area (Å²) in [5.74, 6) is -0.477. The van der Waals surface area contributed by atoms with E-state index in [1.165, 1.54) is 11.3 Å².